The molecule has 0 amide bonds. The molecule has 0 spiro atoms. The van der Waals surface area contributed by atoms with E-state index in [9.17, 15) is 0 Å². The van der Waals surface area contributed by atoms with E-state index in [1.807, 2.05) is 6.07 Å². The van der Waals surface area contributed by atoms with Gasteiger partial charge in [-0.2, -0.15) is 0 Å². The Bertz CT molecular complexity index is 311. The van der Waals surface area contributed by atoms with Crippen molar-refractivity contribution in [2.75, 3.05) is 6.54 Å². The Morgan fingerprint density at radius 2 is 2.12 bits per heavy atom. The molecule has 2 atom stereocenters. The molecule has 3 heteroatoms. The van der Waals surface area contributed by atoms with Crippen molar-refractivity contribution < 1.29 is 4.42 Å². The molecule has 0 saturated heterocycles. The van der Waals surface area contributed by atoms with Crippen LogP contribution in [0.25, 0.3) is 0 Å². The molecular weight excluding hydrogens is 278 g/mol. The maximum Gasteiger partial charge on any atom is 0.135 e. The summed E-state index contributed by atoms with van der Waals surface area (Å²) in [7, 11) is 0. The lowest BCUT2D eigenvalue weighted by Gasteiger charge is -2.25. The van der Waals surface area contributed by atoms with Crippen LogP contribution < -0.4 is 5.32 Å². The van der Waals surface area contributed by atoms with Crippen molar-refractivity contribution in [3.8, 4) is 0 Å². The first kappa shape index (κ1) is 14.8. The maximum absolute atomic E-state index is 5.63. The molecule has 1 aromatic heterocycles. The lowest BCUT2D eigenvalue weighted by atomic mass is 9.90. The van der Waals surface area contributed by atoms with Gasteiger partial charge < -0.3 is 9.73 Å². The van der Waals surface area contributed by atoms with Crippen molar-refractivity contribution >= 4 is 15.9 Å². The fourth-order valence-corrected chi connectivity index (χ4v) is 2.74. The zero-order valence-electron chi connectivity index (χ0n) is 11.1. The summed E-state index contributed by atoms with van der Waals surface area (Å²) in [6, 6.07) is 2.31. The van der Waals surface area contributed by atoms with E-state index in [0.29, 0.717) is 12.0 Å². The number of halogens is 1. The molecule has 1 N–H and O–H groups in total. The second-order valence-electron chi connectivity index (χ2n) is 4.48. The molecule has 1 rings (SSSR count). The number of hydrogen-bond acceptors (Lipinski definition) is 2. The highest BCUT2D eigenvalue weighted by atomic mass is 79.9. The first-order valence-corrected chi connectivity index (χ1v) is 7.50. The molecule has 0 radical (unpaired) electrons. The van der Waals surface area contributed by atoms with Gasteiger partial charge in [0.05, 0.1) is 16.8 Å². The highest BCUT2D eigenvalue weighted by molar-refractivity contribution is 9.10. The van der Waals surface area contributed by atoms with Gasteiger partial charge in [0.25, 0.3) is 0 Å². The molecule has 0 aliphatic heterocycles. The third kappa shape index (κ3) is 4.14. The van der Waals surface area contributed by atoms with Crippen LogP contribution in [0, 0.1) is 5.92 Å². The topological polar surface area (TPSA) is 25.2 Å². The minimum Gasteiger partial charge on any atom is -0.466 e. The number of nitrogens with one attached hydrogen (secondary N) is 1. The minimum absolute atomic E-state index is 0.334. The smallest absolute Gasteiger partial charge is 0.135 e. The first-order valence-electron chi connectivity index (χ1n) is 6.70. The molecule has 17 heavy (non-hydrogen) atoms. The molecule has 1 aromatic rings. The standard InChI is InChI=1S/C14H24BrNO/c1-4-7-8-11(5-2)13(16-6-3)14-12(15)9-10-17-14/h9-11,13,16H,4-8H2,1-3H3. The monoisotopic (exact) mass is 301 g/mol. The van der Waals surface area contributed by atoms with Gasteiger partial charge in [-0.05, 0) is 40.9 Å². The maximum atomic E-state index is 5.63. The van der Waals surface area contributed by atoms with Gasteiger partial charge in [-0.1, -0.05) is 40.0 Å². The quantitative estimate of drug-likeness (QED) is 0.738. The van der Waals surface area contributed by atoms with Crippen LogP contribution in [0.3, 0.4) is 0 Å². The fourth-order valence-electron chi connectivity index (χ4n) is 2.29. The Kier molecular flexibility index (Phi) is 6.90. The Hall–Kier alpha value is -0.280. The van der Waals surface area contributed by atoms with Gasteiger partial charge in [-0.25, -0.2) is 0 Å². The molecule has 0 aliphatic carbocycles. The van der Waals surface area contributed by atoms with Gasteiger partial charge in [0, 0.05) is 0 Å². The van der Waals surface area contributed by atoms with Crippen LogP contribution in [-0.2, 0) is 0 Å². The molecule has 1 heterocycles. The highest BCUT2D eigenvalue weighted by Gasteiger charge is 2.24. The third-order valence-corrected chi connectivity index (χ3v) is 3.93. The molecule has 0 fully saturated rings. The summed E-state index contributed by atoms with van der Waals surface area (Å²) < 4.78 is 6.71. The summed E-state index contributed by atoms with van der Waals surface area (Å²) in [5.41, 5.74) is 0. The summed E-state index contributed by atoms with van der Waals surface area (Å²) in [6.45, 7) is 7.64. The van der Waals surface area contributed by atoms with Gasteiger partial charge in [0.2, 0.25) is 0 Å². The van der Waals surface area contributed by atoms with Crippen LogP contribution >= 0.6 is 15.9 Å². The summed E-state index contributed by atoms with van der Waals surface area (Å²) in [5, 5.41) is 3.56. The predicted molar refractivity (Wildman–Crippen MR) is 76.1 cm³/mol. The predicted octanol–water partition coefficient (Wildman–Crippen LogP) is 4.91. The second-order valence-corrected chi connectivity index (χ2v) is 5.33. The SMILES string of the molecule is CCCCC(CC)C(NCC)c1occc1Br. The van der Waals surface area contributed by atoms with Crippen molar-refractivity contribution in [1.82, 2.24) is 5.32 Å². The largest absolute Gasteiger partial charge is 0.466 e. The van der Waals surface area contributed by atoms with Crippen molar-refractivity contribution in [3.63, 3.8) is 0 Å². The van der Waals surface area contributed by atoms with Crippen LogP contribution in [-0.4, -0.2) is 6.54 Å². The van der Waals surface area contributed by atoms with Gasteiger partial charge in [0.1, 0.15) is 5.76 Å². The summed E-state index contributed by atoms with van der Waals surface area (Å²) in [6.07, 6.45) is 6.76. The van der Waals surface area contributed by atoms with Gasteiger partial charge in [-0.3, -0.25) is 0 Å². The third-order valence-electron chi connectivity index (χ3n) is 3.28. The first-order chi connectivity index (χ1) is 8.24. The van der Waals surface area contributed by atoms with Crippen LogP contribution in [0.2, 0.25) is 0 Å². The highest BCUT2D eigenvalue weighted by Crippen LogP contribution is 2.33. The van der Waals surface area contributed by atoms with Crippen LogP contribution in [0.4, 0.5) is 0 Å². The molecule has 98 valence electrons. The van der Waals surface area contributed by atoms with Crippen LogP contribution in [0.15, 0.2) is 21.2 Å². The minimum atomic E-state index is 0.334. The van der Waals surface area contributed by atoms with Crippen molar-refractivity contribution in [1.29, 1.82) is 0 Å². The van der Waals surface area contributed by atoms with E-state index < -0.39 is 0 Å². The molecule has 0 saturated carbocycles. The van der Waals surface area contributed by atoms with Crippen LogP contribution in [0.5, 0.6) is 0 Å². The van der Waals surface area contributed by atoms with E-state index >= 15 is 0 Å². The van der Waals surface area contributed by atoms with Crippen molar-refractivity contribution in [3.05, 3.63) is 22.6 Å². The fraction of sp³-hybridized carbons (Fsp3) is 0.714. The normalized spacial score (nSPS) is 14.8. The average molecular weight is 302 g/mol. The molecule has 0 aromatic carbocycles. The Balaban J connectivity index is 2.79. The lowest BCUT2D eigenvalue weighted by molar-refractivity contribution is 0.285. The number of rotatable bonds is 8. The Labute approximate surface area is 113 Å². The second kappa shape index (κ2) is 7.93. The van der Waals surface area contributed by atoms with E-state index in [-0.39, 0.29) is 0 Å². The summed E-state index contributed by atoms with van der Waals surface area (Å²) in [4.78, 5) is 0. The summed E-state index contributed by atoms with van der Waals surface area (Å²) >= 11 is 3.57. The van der Waals surface area contributed by atoms with Crippen LogP contribution in [0.1, 0.15) is 58.3 Å². The molecule has 2 nitrogen and oxygen atoms in total. The molecule has 2 unspecified atom stereocenters. The lowest BCUT2D eigenvalue weighted by Crippen LogP contribution is -2.28. The molecule has 0 aliphatic rings. The average Bonchev–Trinajstić information content (AvgIpc) is 2.75. The zero-order valence-corrected chi connectivity index (χ0v) is 12.7. The van der Waals surface area contributed by atoms with E-state index in [2.05, 4.69) is 42.0 Å². The van der Waals surface area contributed by atoms with Gasteiger partial charge >= 0.3 is 0 Å². The Morgan fingerprint density at radius 1 is 1.35 bits per heavy atom. The van der Waals surface area contributed by atoms with Crippen molar-refractivity contribution in [2.24, 2.45) is 5.92 Å². The number of unbranched alkanes of at least 4 members (excludes halogenated alkanes) is 1. The number of furan rings is 1. The van der Waals surface area contributed by atoms with Gasteiger partial charge in [0.15, 0.2) is 0 Å². The molecular formula is C14H24BrNO. The van der Waals surface area contributed by atoms with E-state index in [1.165, 1.54) is 25.7 Å². The van der Waals surface area contributed by atoms with Crippen molar-refractivity contribution in [2.45, 2.75) is 52.5 Å². The zero-order chi connectivity index (χ0) is 12.7. The van der Waals surface area contributed by atoms with E-state index in [1.54, 1.807) is 6.26 Å². The van der Waals surface area contributed by atoms with E-state index in [0.717, 1.165) is 16.8 Å². The molecule has 0 bridgehead atoms. The summed E-state index contributed by atoms with van der Waals surface area (Å²) in [5.74, 6) is 1.70. The van der Waals surface area contributed by atoms with E-state index in [4.69, 9.17) is 4.42 Å². The Morgan fingerprint density at radius 3 is 2.59 bits per heavy atom. The number of hydrogen-bond donors (Lipinski definition) is 1. The van der Waals surface area contributed by atoms with Gasteiger partial charge in [-0.15, -0.1) is 0 Å².